The van der Waals surface area contributed by atoms with Gasteiger partial charge in [-0.1, -0.05) is 44.7 Å². The Labute approximate surface area is 117 Å². The van der Waals surface area contributed by atoms with E-state index < -0.39 is 0 Å². The van der Waals surface area contributed by atoms with Gasteiger partial charge in [-0.15, -0.1) is 11.6 Å². The Hall–Kier alpha value is -0.930. The lowest BCUT2D eigenvalue weighted by Gasteiger charge is -2.10. The highest BCUT2D eigenvalue weighted by molar-refractivity contribution is 6.17. The molecule has 0 bridgehead atoms. The Bertz CT molecular complexity index is 410. The van der Waals surface area contributed by atoms with Crippen LogP contribution in [0.25, 0.3) is 0 Å². The van der Waals surface area contributed by atoms with E-state index in [4.69, 9.17) is 11.6 Å². The number of hydrogen-bond acceptors (Lipinski definition) is 0. The molecule has 1 aromatic carbocycles. The summed E-state index contributed by atoms with van der Waals surface area (Å²) in [6.07, 6.45) is 5.08. The number of alkyl halides is 1. The predicted molar refractivity (Wildman–Crippen MR) is 81.4 cm³/mol. The van der Waals surface area contributed by atoms with Crippen molar-refractivity contribution < 1.29 is 0 Å². The zero-order valence-corrected chi connectivity index (χ0v) is 12.5. The fourth-order valence-corrected chi connectivity index (χ4v) is 2.20. The van der Waals surface area contributed by atoms with Crippen molar-refractivity contribution in [2.45, 2.75) is 52.9 Å². The van der Waals surface area contributed by atoms with Crippen molar-refractivity contribution >= 4 is 11.6 Å². The fourth-order valence-electron chi connectivity index (χ4n) is 2.07. The van der Waals surface area contributed by atoms with Crippen molar-refractivity contribution in [3.63, 3.8) is 0 Å². The second-order valence-corrected chi connectivity index (χ2v) is 4.82. The summed E-state index contributed by atoms with van der Waals surface area (Å²) in [6.45, 7) is 6.62. The van der Waals surface area contributed by atoms with Crippen molar-refractivity contribution in [1.82, 2.24) is 0 Å². The van der Waals surface area contributed by atoms with Crippen LogP contribution < -0.4 is 0 Å². The highest BCUT2D eigenvalue weighted by Crippen LogP contribution is 2.19. The van der Waals surface area contributed by atoms with Crippen LogP contribution in [0.5, 0.6) is 0 Å². The van der Waals surface area contributed by atoms with Gasteiger partial charge >= 0.3 is 0 Å². The van der Waals surface area contributed by atoms with Crippen LogP contribution in [0.4, 0.5) is 0 Å². The molecule has 1 heteroatoms. The monoisotopic (exact) mass is 262 g/mol. The molecule has 0 atom stereocenters. The molecular weight excluding hydrogens is 240 g/mol. The second kappa shape index (κ2) is 8.22. The molecule has 0 aliphatic carbocycles. The SMILES string of the molecule is CCc1cc(CC)c(C#CCCCCl)c(CC)c1. The normalized spacial score (nSPS) is 10.0. The molecule has 0 saturated carbocycles. The Balaban J connectivity index is 3.09. The van der Waals surface area contributed by atoms with Gasteiger partial charge < -0.3 is 0 Å². The zero-order chi connectivity index (χ0) is 13.4. The van der Waals surface area contributed by atoms with Crippen LogP contribution in [0.1, 0.15) is 55.9 Å². The molecule has 0 aromatic heterocycles. The third-order valence-corrected chi connectivity index (χ3v) is 3.45. The first kappa shape index (κ1) is 15.1. The summed E-state index contributed by atoms with van der Waals surface area (Å²) >= 11 is 5.67. The molecule has 0 aliphatic rings. The predicted octanol–water partition coefficient (Wildman–Crippen LogP) is 4.74. The molecule has 1 rings (SSSR count). The lowest BCUT2D eigenvalue weighted by molar-refractivity contribution is 0.989. The maximum atomic E-state index is 5.67. The third kappa shape index (κ3) is 4.07. The van der Waals surface area contributed by atoms with Gasteiger partial charge in [0.05, 0.1) is 0 Å². The summed E-state index contributed by atoms with van der Waals surface area (Å²) in [4.78, 5) is 0. The average molecular weight is 263 g/mol. The second-order valence-electron chi connectivity index (χ2n) is 4.44. The van der Waals surface area contributed by atoms with Crippen LogP contribution in [-0.4, -0.2) is 5.88 Å². The maximum Gasteiger partial charge on any atom is 0.0309 e. The summed E-state index contributed by atoms with van der Waals surface area (Å²) < 4.78 is 0. The summed E-state index contributed by atoms with van der Waals surface area (Å²) in [7, 11) is 0. The number of aryl methyl sites for hydroxylation is 3. The highest BCUT2D eigenvalue weighted by Gasteiger charge is 2.06. The lowest BCUT2D eigenvalue weighted by Crippen LogP contribution is -1.98. The standard InChI is InChI=1S/C17H23Cl/c1-4-14-12-15(5-2)17(16(6-3)13-14)10-8-7-9-11-18/h12-13H,4-7,9,11H2,1-3H3. The average Bonchev–Trinajstić information content (AvgIpc) is 2.42. The van der Waals surface area contributed by atoms with Crippen LogP contribution in [0.15, 0.2) is 12.1 Å². The number of unbranched alkanes of at least 4 members (excludes halogenated alkanes) is 1. The molecule has 0 N–H and O–H groups in total. The molecule has 0 heterocycles. The minimum Gasteiger partial charge on any atom is -0.127 e. The van der Waals surface area contributed by atoms with Gasteiger partial charge in [-0.05, 0) is 42.4 Å². The first-order valence-electron chi connectivity index (χ1n) is 6.96. The van der Waals surface area contributed by atoms with Gasteiger partial charge in [0.15, 0.2) is 0 Å². The Morgan fingerprint density at radius 1 is 1.00 bits per heavy atom. The first-order chi connectivity index (χ1) is 8.76. The van der Waals surface area contributed by atoms with Crippen LogP contribution in [0, 0.1) is 11.8 Å². The molecule has 0 aliphatic heterocycles. The topological polar surface area (TPSA) is 0 Å². The molecule has 0 saturated heterocycles. The van der Waals surface area contributed by atoms with Gasteiger partial charge in [-0.2, -0.15) is 0 Å². The number of hydrogen-bond donors (Lipinski definition) is 0. The molecule has 0 fully saturated rings. The maximum absolute atomic E-state index is 5.67. The summed E-state index contributed by atoms with van der Waals surface area (Å²) in [5, 5.41) is 0. The fraction of sp³-hybridized carbons (Fsp3) is 0.529. The molecular formula is C17H23Cl. The van der Waals surface area contributed by atoms with E-state index in [0.29, 0.717) is 5.88 Å². The zero-order valence-electron chi connectivity index (χ0n) is 11.8. The molecule has 18 heavy (non-hydrogen) atoms. The van der Waals surface area contributed by atoms with Crippen LogP contribution in [-0.2, 0) is 19.3 Å². The molecule has 0 spiro atoms. The van der Waals surface area contributed by atoms with Gasteiger partial charge in [-0.3, -0.25) is 0 Å². The van der Waals surface area contributed by atoms with Crippen molar-refractivity contribution in [3.8, 4) is 11.8 Å². The molecule has 0 amide bonds. The van der Waals surface area contributed by atoms with E-state index in [2.05, 4.69) is 44.7 Å². The van der Waals surface area contributed by atoms with E-state index in [1.54, 1.807) is 0 Å². The molecule has 1 aromatic rings. The van der Waals surface area contributed by atoms with E-state index in [1.807, 2.05) is 0 Å². The van der Waals surface area contributed by atoms with Crippen molar-refractivity contribution in [2.75, 3.05) is 5.88 Å². The molecule has 0 unspecified atom stereocenters. The van der Waals surface area contributed by atoms with E-state index in [-0.39, 0.29) is 0 Å². The summed E-state index contributed by atoms with van der Waals surface area (Å²) in [6, 6.07) is 4.62. The van der Waals surface area contributed by atoms with Gasteiger partial charge in [0.2, 0.25) is 0 Å². The largest absolute Gasteiger partial charge is 0.127 e. The van der Waals surface area contributed by atoms with E-state index in [9.17, 15) is 0 Å². The van der Waals surface area contributed by atoms with Crippen LogP contribution in [0.2, 0.25) is 0 Å². The third-order valence-electron chi connectivity index (χ3n) is 3.18. The van der Waals surface area contributed by atoms with E-state index in [1.165, 1.54) is 22.3 Å². The first-order valence-corrected chi connectivity index (χ1v) is 7.49. The summed E-state index contributed by atoms with van der Waals surface area (Å²) in [5.41, 5.74) is 5.47. The van der Waals surface area contributed by atoms with Crippen molar-refractivity contribution in [3.05, 3.63) is 34.4 Å². The quantitative estimate of drug-likeness (QED) is 0.408. The minimum atomic E-state index is 0.699. The van der Waals surface area contributed by atoms with E-state index in [0.717, 1.165) is 32.1 Å². The Kier molecular flexibility index (Phi) is 6.91. The minimum absolute atomic E-state index is 0.699. The van der Waals surface area contributed by atoms with Gasteiger partial charge in [0, 0.05) is 17.9 Å². The van der Waals surface area contributed by atoms with Crippen molar-refractivity contribution in [2.24, 2.45) is 0 Å². The summed E-state index contributed by atoms with van der Waals surface area (Å²) in [5.74, 6) is 7.32. The highest BCUT2D eigenvalue weighted by atomic mass is 35.5. The lowest BCUT2D eigenvalue weighted by atomic mass is 9.94. The van der Waals surface area contributed by atoms with E-state index >= 15 is 0 Å². The Morgan fingerprint density at radius 2 is 1.61 bits per heavy atom. The number of halogens is 1. The number of benzene rings is 1. The van der Waals surface area contributed by atoms with Crippen LogP contribution in [0.3, 0.4) is 0 Å². The molecule has 98 valence electrons. The van der Waals surface area contributed by atoms with Crippen molar-refractivity contribution in [1.29, 1.82) is 0 Å². The molecule has 0 radical (unpaired) electrons. The smallest absolute Gasteiger partial charge is 0.0309 e. The number of rotatable bonds is 5. The van der Waals surface area contributed by atoms with Gasteiger partial charge in [0.25, 0.3) is 0 Å². The Morgan fingerprint density at radius 3 is 2.06 bits per heavy atom. The van der Waals surface area contributed by atoms with Gasteiger partial charge in [-0.25, -0.2) is 0 Å². The molecule has 0 nitrogen and oxygen atoms in total. The van der Waals surface area contributed by atoms with Gasteiger partial charge in [0.1, 0.15) is 0 Å². The van der Waals surface area contributed by atoms with Crippen LogP contribution >= 0.6 is 11.6 Å².